The lowest BCUT2D eigenvalue weighted by Crippen LogP contribution is -2.22. The van der Waals surface area contributed by atoms with Crippen LogP contribution < -0.4 is 4.18 Å². The lowest BCUT2D eigenvalue weighted by Gasteiger charge is -2.18. The second kappa shape index (κ2) is 7.12. The van der Waals surface area contributed by atoms with Crippen LogP contribution in [0.25, 0.3) is 0 Å². The summed E-state index contributed by atoms with van der Waals surface area (Å²) < 4.78 is 62.3. The molecular weight excluding hydrogens is 444 g/mol. The van der Waals surface area contributed by atoms with Crippen molar-refractivity contribution in [2.45, 2.75) is 16.7 Å². The molecule has 0 spiro atoms. The second-order valence-electron chi connectivity index (χ2n) is 6.90. The molecule has 0 saturated carbocycles. The Morgan fingerprint density at radius 2 is 1.16 bits per heavy atom. The Morgan fingerprint density at radius 3 is 1.68 bits per heavy atom. The molecule has 1 aliphatic carbocycles. The van der Waals surface area contributed by atoms with E-state index in [-0.39, 0.29) is 32.9 Å². The fraction of sp³-hybridized carbons (Fsp3) is 0.0476. The number of rotatable bonds is 4. The number of fused-ring (bicyclic) bond motifs is 2. The Labute approximate surface area is 178 Å². The maximum absolute atomic E-state index is 12.9. The van der Waals surface area contributed by atoms with E-state index in [1.807, 2.05) is 6.92 Å². The molecule has 3 aromatic rings. The van der Waals surface area contributed by atoms with Crippen molar-refractivity contribution in [2.75, 3.05) is 0 Å². The highest BCUT2D eigenvalue weighted by molar-refractivity contribution is 7.87. The predicted octanol–water partition coefficient (Wildman–Crippen LogP) is 2.78. The molecule has 1 N–H and O–H groups in total. The van der Waals surface area contributed by atoms with Crippen molar-refractivity contribution in [1.82, 2.24) is 0 Å². The molecule has 158 valence electrons. The second-order valence-corrected chi connectivity index (χ2v) is 9.87. The van der Waals surface area contributed by atoms with E-state index < -0.39 is 36.7 Å². The molecular formula is C21H14O8S2. The summed E-state index contributed by atoms with van der Waals surface area (Å²) in [5, 5.41) is 0. The smallest absolute Gasteiger partial charge is 0.339 e. The zero-order valence-corrected chi connectivity index (χ0v) is 17.5. The molecule has 31 heavy (non-hydrogen) atoms. The number of hydrogen-bond donors (Lipinski definition) is 1. The van der Waals surface area contributed by atoms with Crippen LogP contribution in [-0.4, -0.2) is 33.0 Å². The first-order chi connectivity index (χ1) is 14.5. The Kier molecular flexibility index (Phi) is 4.80. The van der Waals surface area contributed by atoms with Gasteiger partial charge in [-0.1, -0.05) is 17.7 Å². The van der Waals surface area contributed by atoms with E-state index in [1.165, 1.54) is 18.2 Å². The molecule has 0 bridgehead atoms. The summed E-state index contributed by atoms with van der Waals surface area (Å²) in [5.74, 6) is -1.23. The molecule has 4 rings (SSSR count). The maximum atomic E-state index is 12.9. The topological polar surface area (TPSA) is 132 Å². The Balaban J connectivity index is 1.76. The summed E-state index contributed by atoms with van der Waals surface area (Å²) in [5.41, 5.74) is 0.390. The fourth-order valence-corrected chi connectivity index (χ4v) is 4.66. The highest BCUT2D eigenvalue weighted by Gasteiger charge is 2.32. The van der Waals surface area contributed by atoms with Crippen LogP contribution in [-0.2, 0) is 20.2 Å². The van der Waals surface area contributed by atoms with Crippen molar-refractivity contribution in [3.8, 4) is 5.75 Å². The van der Waals surface area contributed by atoms with Gasteiger partial charge in [-0.25, -0.2) is 0 Å². The summed E-state index contributed by atoms with van der Waals surface area (Å²) in [7, 11) is -8.85. The molecule has 0 unspecified atom stereocenters. The lowest BCUT2D eigenvalue weighted by atomic mass is 9.84. The molecule has 0 amide bonds. The number of ketones is 2. The van der Waals surface area contributed by atoms with Crippen molar-refractivity contribution < 1.29 is 35.2 Å². The zero-order valence-electron chi connectivity index (χ0n) is 15.9. The summed E-state index contributed by atoms with van der Waals surface area (Å²) in [4.78, 5) is 24.9. The largest absolute Gasteiger partial charge is 0.379 e. The van der Waals surface area contributed by atoms with Gasteiger partial charge in [0.2, 0.25) is 0 Å². The molecule has 8 nitrogen and oxygen atoms in total. The molecule has 0 saturated heterocycles. The van der Waals surface area contributed by atoms with E-state index in [0.29, 0.717) is 0 Å². The Hall–Kier alpha value is -3.34. The normalized spacial score (nSPS) is 13.5. The highest BCUT2D eigenvalue weighted by atomic mass is 32.2. The van der Waals surface area contributed by atoms with Crippen molar-refractivity contribution in [3.05, 3.63) is 88.5 Å². The number of benzene rings is 3. The highest BCUT2D eigenvalue weighted by Crippen LogP contribution is 2.31. The lowest BCUT2D eigenvalue weighted by molar-refractivity contribution is 0.0978. The summed E-state index contributed by atoms with van der Waals surface area (Å²) >= 11 is 0. The van der Waals surface area contributed by atoms with Gasteiger partial charge >= 0.3 is 10.1 Å². The minimum absolute atomic E-state index is 0.0840. The first kappa shape index (κ1) is 20.9. The van der Waals surface area contributed by atoms with Crippen molar-refractivity contribution in [1.29, 1.82) is 0 Å². The van der Waals surface area contributed by atoms with Gasteiger partial charge in [0.05, 0.1) is 4.90 Å². The van der Waals surface area contributed by atoms with Crippen molar-refractivity contribution >= 4 is 31.8 Å². The summed E-state index contributed by atoms with van der Waals surface area (Å²) in [6, 6.07) is 12.7. The van der Waals surface area contributed by atoms with Gasteiger partial charge in [0.15, 0.2) is 11.6 Å². The minimum atomic E-state index is -4.57. The van der Waals surface area contributed by atoms with E-state index >= 15 is 0 Å². The fourth-order valence-electron chi connectivity index (χ4n) is 3.19. The molecule has 0 aromatic heterocycles. The first-order valence-electron chi connectivity index (χ1n) is 8.83. The molecule has 1 aliphatic rings. The van der Waals surface area contributed by atoms with Gasteiger partial charge in [-0.15, -0.1) is 0 Å². The van der Waals surface area contributed by atoms with Gasteiger partial charge in [-0.05, 0) is 55.5 Å². The van der Waals surface area contributed by atoms with Crippen LogP contribution in [0.2, 0.25) is 0 Å². The molecule has 0 fully saturated rings. The number of aryl methyl sites for hydroxylation is 1. The number of hydrogen-bond acceptors (Lipinski definition) is 7. The van der Waals surface area contributed by atoms with Gasteiger partial charge in [-0.2, -0.15) is 16.8 Å². The zero-order chi connectivity index (χ0) is 22.6. The maximum Gasteiger partial charge on any atom is 0.339 e. The van der Waals surface area contributed by atoms with Gasteiger partial charge in [0.1, 0.15) is 10.6 Å². The SMILES string of the molecule is Cc1ccc(OS(=O)(=O)c2ccc3c(c2)C(=O)c2ccc(S(=O)(=O)O)cc2C3=O)cc1. The van der Waals surface area contributed by atoms with E-state index in [9.17, 15) is 31.0 Å². The van der Waals surface area contributed by atoms with E-state index in [2.05, 4.69) is 0 Å². The van der Waals surface area contributed by atoms with Crippen LogP contribution in [0.3, 0.4) is 0 Å². The van der Waals surface area contributed by atoms with E-state index in [4.69, 9.17) is 4.18 Å². The van der Waals surface area contributed by atoms with Crippen LogP contribution in [0.4, 0.5) is 0 Å². The third kappa shape index (κ3) is 3.76. The van der Waals surface area contributed by atoms with Crippen LogP contribution in [0.5, 0.6) is 5.75 Å². The van der Waals surface area contributed by atoms with Crippen molar-refractivity contribution in [3.63, 3.8) is 0 Å². The summed E-state index contributed by atoms with van der Waals surface area (Å²) in [6.45, 7) is 1.83. The molecule has 0 radical (unpaired) electrons. The molecule has 10 heteroatoms. The first-order valence-corrected chi connectivity index (χ1v) is 11.7. The van der Waals surface area contributed by atoms with Gasteiger partial charge in [0.25, 0.3) is 10.1 Å². The predicted molar refractivity (Wildman–Crippen MR) is 109 cm³/mol. The Bertz CT molecular complexity index is 1470. The standard InChI is InChI=1S/C21H14O8S2/c1-12-2-4-13(5-3-12)29-31(27,28)15-7-9-17-19(11-15)21(23)16-8-6-14(30(24,25)26)10-18(16)20(17)22/h2-11H,1H3,(H,24,25,26). The monoisotopic (exact) mass is 458 g/mol. The minimum Gasteiger partial charge on any atom is -0.379 e. The van der Waals surface area contributed by atoms with Gasteiger partial charge < -0.3 is 4.18 Å². The quantitative estimate of drug-likeness (QED) is 0.365. The van der Waals surface area contributed by atoms with Gasteiger partial charge in [-0.3, -0.25) is 14.1 Å². The van der Waals surface area contributed by atoms with Gasteiger partial charge in [0, 0.05) is 22.3 Å². The molecule has 3 aromatic carbocycles. The van der Waals surface area contributed by atoms with Crippen LogP contribution in [0.15, 0.2) is 70.5 Å². The van der Waals surface area contributed by atoms with Crippen LogP contribution >= 0.6 is 0 Å². The average molecular weight is 458 g/mol. The third-order valence-electron chi connectivity index (χ3n) is 4.77. The number of carbonyl (C=O) groups excluding carboxylic acids is 2. The van der Waals surface area contributed by atoms with Crippen LogP contribution in [0.1, 0.15) is 37.4 Å². The Morgan fingerprint density at radius 1 is 0.677 bits per heavy atom. The summed E-state index contributed by atoms with van der Waals surface area (Å²) in [6.07, 6.45) is 0. The van der Waals surface area contributed by atoms with E-state index in [0.717, 1.165) is 35.9 Å². The van der Waals surface area contributed by atoms with Crippen molar-refractivity contribution in [2.24, 2.45) is 0 Å². The van der Waals surface area contributed by atoms with E-state index in [1.54, 1.807) is 12.1 Å². The molecule has 0 atom stereocenters. The molecule has 0 heterocycles. The third-order valence-corrected chi connectivity index (χ3v) is 6.87. The van der Waals surface area contributed by atoms with Crippen LogP contribution in [0, 0.1) is 6.92 Å². The molecule has 0 aliphatic heterocycles. The average Bonchev–Trinajstić information content (AvgIpc) is 2.72. The number of carbonyl (C=O) groups is 2.